The third-order valence-corrected chi connectivity index (χ3v) is 3.75. The lowest BCUT2D eigenvalue weighted by atomic mass is 9.96. The van der Waals surface area contributed by atoms with Crippen molar-refractivity contribution in [2.24, 2.45) is 0 Å². The Hall–Kier alpha value is -1.99. The highest BCUT2D eigenvalue weighted by molar-refractivity contribution is 6.31. The summed E-state index contributed by atoms with van der Waals surface area (Å²) in [6.45, 7) is 0. The van der Waals surface area contributed by atoms with Crippen molar-refractivity contribution in [1.82, 2.24) is 5.32 Å². The van der Waals surface area contributed by atoms with Crippen LogP contribution in [-0.4, -0.2) is 11.9 Å². The summed E-state index contributed by atoms with van der Waals surface area (Å²) in [6, 6.07) is 9.13. The topological polar surface area (TPSA) is 64.9 Å². The summed E-state index contributed by atoms with van der Waals surface area (Å²) in [5.41, 5.74) is 0.645. The Labute approximate surface area is 129 Å². The number of benzene rings is 1. The van der Waals surface area contributed by atoms with Crippen LogP contribution in [0.15, 0.2) is 36.0 Å². The van der Waals surface area contributed by atoms with Crippen LogP contribution < -0.4 is 10.6 Å². The lowest BCUT2D eigenvalue weighted by Crippen LogP contribution is -2.28. The SMILES string of the molecule is N#C/C(=C/NC1CCCCC1)C(=O)Nc1cccc(Cl)c1. The average Bonchev–Trinajstić information content (AvgIpc) is 2.49. The van der Waals surface area contributed by atoms with E-state index in [1.165, 1.54) is 25.5 Å². The van der Waals surface area contributed by atoms with Crippen LogP contribution in [0.2, 0.25) is 5.02 Å². The fraction of sp³-hybridized carbons (Fsp3) is 0.375. The van der Waals surface area contributed by atoms with Crippen LogP contribution in [-0.2, 0) is 4.79 Å². The minimum atomic E-state index is -0.428. The fourth-order valence-electron chi connectivity index (χ4n) is 2.38. The molecule has 21 heavy (non-hydrogen) atoms. The van der Waals surface area contributed by atoms with Gasteiger partial charge in [-0.1, -0.05) is 36.9 Å². The van der Waals surface area contributed by atoms with Gasteiger partial charge in [0.25, 0.3) is 5.91 Å². The Kier molecular flexibility index (Phi) is 5.65. The number of amides is 1. The molecule has 1 saturated carbocycles. The first-order chi connectivity index (χ1) is 10.2. The van der Waals surface area contributed by atoms with Crippen LogP contribution in [0, 0.1) is 11.3 Å². The van der Waals surface area contributed by atoms with Crippen molar-refractivity contribution >= 4 is 23.2 Å². The fourth-order valence-corrected chi connectivity index (χ4v) is 2.57. The van der Waals surface area contributed by atoms with Crippen molar-refractivity contribution in [3.05, 3.63) is 41.1 Å². The monoisotopic (exact) mass is 303 g/mol. The van der Waals surface area contributed by atoms with E-state index >= 15 is 0 Å². The second kappa shape index (κ2) is 7.70. The molecule has 0 spiro atoms. The quantitative estimate of drug-likeness (QED) is 0.659. The Balaban J connectivity index is 1.96. The summed E-state index contributed by atoms with van der Waals surface area (Å²) in [5.74, 6) is -0.428. The second-order valence-electron chi connectivity index (χ2n) is 5.14. The Morgan fingerprint density at radius 2 is 2.10 bits per heavy atom. The number of nitrogens with zero attached hydrogens (tertiary/aromatic N) is 1. The number of hydrogen-bond donors (Lipinski definition) is 2. The Bertz CT molecular complexity index is 571. The van der Waals surface area contributed by atoms with Gasteiger partial charge >= 0.3 is 0 Å². The number of halogens is 1. The molecule has 0 unspecified atom stereocenters. The van der Waals surface area contributed by atoms with Crippen molar-refractivity contribution in [3.8, 4) is 6.07 Å². The first-order valence-electron chi connectivity index (χ1n) is 7.12. The molecular weight excluding hydrogens is 286 g/mol. The van der Waals surface area contributed by atoms with Crippen molar-refractivity contribution in [2.45, 2.75) is 38.1 Å². The molecule has 2 N–H and O–H groups in total. The Morgan fingerprint density at radius 3 is 2.76 bits per heavy atom. The molecule has 1 aromatic rings. The third-order valence-electron chi connectivity index (χ3n) is 3.52. The number of anilines is 1. The standard InChI is InChI=1S/C16H18ClN3O/c17-13-5-4-8-15(9-13)20-16(21)12(10-18)11-19-14-6-2-1-3-7-14/h4-5,8-9,11,14,19H,1-3,6-7H2,(H,20,21)/b12-11-. The minimum absolute atomic E-state index is 0.0700. The van der Waals surface area contributed by atoms with Gasteiger partial charge in [-0.2, -0.15) is 5.26 Å². The van der Waals surface area contributed by atoms with Crippen LogP contribution in [0.3, 0.4) is 0 Å². The largest absolute Gasteiger partial charge is 0.387 e. The zero-order valence-corrected chi connectivity index (χ0v) is 12.5. The molecule has 4 nitrogen and oxygen atoms in total. The maximum atomic E-state index is 12.0. The third kappa shape index (κ3) is 4.80. The Morgan fingerprint density at radius 1 is 1.33 bits per heavy atom. The van der Waals surface area contributed by atoms with E-state index in [1.54, 1.807) is 24.3 Å². The van der Waals surface area contributed by atoms with Gasteiger partial charge in [0.1, 0.15) is 11.6 Å². The van der Waals surface area contributed by atoms with E-state index in [0.717, 1.165) is 12.8 Å². The van der Waals surface area contributed by atoms with Gasteiger partial charge in [-0.3, -0.25) is 4.79 Å². The molecule has 0 aromatic heterocycles. The molecule has 1 aliphatic carbocycles. The number of hydrogen-bond acceptors (Lipinski definition) is 3. The number of rotatable bonds is 4. The maximum Gasteiger partial charge on any atom is 0.267 e. The highest BCUT2D eigenvalue weighted by atomic mass is 35.5. The lowest BCUT2D eigenvalue weighted by molar-refractivity contribution is -0.112. The van der Waals surface area contributed by atoms with Gasteiger partial charge in [-0.15, -0.1) is 0 Å². The van der Waals surface area contributed by atoms with Crippen molar-refractivity contribution in [1.29, 1.82) is 5.26 Å². The zero-order valence-electron chi connectivity index (χ0n) is 11.7. The molecule has 1 aliphatic rings. The predicted octanol–water partition coefficient (Wildman–Crippen LogP) is 3.61. The van der Waals surface area contributed by atoms with E-state index in [1.807, 2.05) is 6.07 Å². The first kappa shape index (κ1) is 15.4. The van der Waals surface area contributed by atoms with Crippen LogP contribution in [0.25, 0.3) is 0 Å². The molecule has 0 atom stereocenters. The molecule has 1 aromatic carbocycles. The number of carbonyl (C=O) groups is 1. The summed E-state index contributed by atoms with van der Waals surface area (Å²) in [7, 11) is 0. The minimum Gasteiger partial charge on any atom is -0.387 e. The number of nitriles is 1. The van der Waals surface area contributed by atoms with E-state index in [4.69, 9.17) is 16.9 Å². The molecule has 0 saturated heterocycles. The van der Waals surface area contributed by atoms with Gasteiger partial charge in [-0.05, 0) is 31.0 Å². The molecule has 0 heterocycles. The van der Waals surface area contributed by atoms with E-state index in [0.29, 0.717) is 16.8 Å². The summed E-state index contributed by atoms with van der Waals surface area (Å²) in [6.07, 6.45) is 7.36. The number of carbonyl (C=O) groups excluding carboxylic acids is 1. The molecule has 0 radical (unpaired) electrons. The second-order valence-corrected chi connectivity index (χ2v) is 5.57. The van der Waals surface area contributed by atoms with E-state index in [-0.39, 0.29) is 5.57 Å². The summed E-state index contributed by atoms with van der Waals surface area (Å²) in [4.78, 5) is 12.0. The van der Waals surface area contributed by atoms with E-state index in [9.17, 15) is 4.79 Å². The van der Waals surface area contributed by atoms with Crippen molar-refractivity contribution in [2.75, 3.05) is 5.32 Å². The summed E-state index contributed by atoms with van der Waals surface area (Å²) in [5, 5.41) is 15.5. The predicted molar refractivity (Wildman–Crippen MR) is 83.8 cm³/mol. The van der Waals surface area contributed by atoms with Gasteiger partial charge in [0, 0.05) is 23.0 Å². The summed E-state index contributed by atoms with van der Waals surface area (Å²) >= 11 is 5.86. The zero-order chi connectivity index (χ0) is 15.1. The van der Waals surface area contributed by atoms with E-state index in [2.05, 4.69) is 10.6 Å². The normalized spacial score (nSPS) is 16.1. The highest BCUT2D eigenvalue weighted by Gasteiger charge is 2.14. The number of nitrogens with one attached hydrogen (secondary N) is 2. The lowest BCUT2D eigenvalue weighted by Gasteiger charge is -2.21. The molecule has 5 heteroatoms. The van der Waals surface area contributed by atoms with Gasteiger partial charge in [0.15, 0.2) is 0 Å². The first-order valence-corrected chi connectivity index (χ1v) is 7.50. The van der Waals surface area contributed by atoms with Crippen molar-refractivity contribution < 1.29 is 4.79 Å². The van der Waals surface area contributed by atoms with Gasteiger partial charge in [0.05, 0.1) is 0 Å². The molecule has 0 bridgehead atoms. The van der Waals surface area contributed by atoms with Crippen LogP contribution >= 0.6 is 11.6 Å². The van der Waals surface area contributed by atoms with Crippen molar-refractivity contribution in [3.63, 3.8) is 0 Å². The molecule has 1 amide bonds. The molecular formula is C16H18ClN3O. The smallest absolute Gasteiger partial charge is 0.267 e. The average molecular weight is 304 g/mol. The van der Waals surface area contributed by atoms with Gasteiger partial charge in [-0.25, -0.2) is 0 Å². The van der Waals surface area contributed by atoms with Gasteiger partial charge < -0.3 is 10.6 Å². The molecule has 1 fully saturated rings. The summed E-state index contributed by atoms with van der Waals surface area (Å²) < 4.78 is 0. The molecule has 110 valence electrons. The van der Waals surface area contributed by atoms with Crippen LogP contribution in [0.1, 0.15) is 32.1 Å². The van der Waals surface area contributed by atoms with E-state index < -0.39 is 5.91 Å². The molecule has 2 rings (SSSR count). The van der Waals surface area contributed by atoms with Crippen LogP contribution in [0.4, 0.5) is 5.69 Å². The van der Waals surface area contributed by atoms with Gasteiger partial charge in [0.2, 0.25) is 0 Å². The van der Waals surface area contributed by atoms with Crippen LogP contribution in [0.5, 0.6) is 0 Å². The maximum absolute atomic E-state index is 12.0. The molecule has 0 aliphatic heterocycles. The highest BCUT2D eigenvalue weighted by Crippen LogP contribution is 2.18.